The van der Waals surface area contributed by atoms with Crippen LogP contribution in [0.2, 0.25) is 5.02 Å². The highest BCUT2D eigenvalue weighted by Crippen LogP contribution is 2.32. The van der Waals surface area contributed by atoms with Crippen LogP contribution < -0.4 is 5.73 Å². The first-order chi connectivity index (χ1) is 7.22. The fourth-order valence-corrected chi connectivity index (χ4v) is 2.57. The first kappa shape index (κ1) is 10.9. The fraction of sp³-hybridized carbons (Fsp3) is 0.500. The van der Waals surface area contributed by atoms with Gasteiger partial charge >= 0.3 is 0 Å². The summed E-state index contributed by atoms with van der Waals surface area (Å²) in [5, 5.41) is 9.67. The second-order valence-corrected chi connectivity index (χ2v) is 4.54. The van der Waals surface area contributed by atoms with Crippen molar-refractivity contribution in [3.05, 3.63) is 33.8 Å². The normalized spacial score (nSPS) is 16.5. The summed E-state index contributed by atoms with van der Waals surface area (Å²) in [7, 11) is 0. The van der Waals surface area contributed by atoms with E-state index in [0.29, 0.717) is 6.42 Å². The van der Waals surface area contributed by atoms with Crippen LogP contribution in [-0.2, 0) is 12.8 Å². The lowest BCUT2D eigenvalue weighted by atomic mass is 9.96. The minimum absolute atomic E-state index is 0.0828. The molecule has 2 rings (SSSR count). The Morgan fingerprint density at radius 1 is 1.40 bits per heavy atom. The van der Waals surface area contributed by atoms with Crippen LogP contribution in [0.25, 0.3) is 0 Å². The van der Waals surface area contributed by atoms with Gasteiger partial charge in [-0.15, -0.1) is 0 Å². The monoisotopic (exact) mass is 225 g/mol. The molecule has 15 heavy (non-hydrogen) atoms. The van der Waals surface area contributed by atoms with E-state index < -0.39 is 0 Å². The quantitative estimate of drug-likeness (QED) is 0.829. The van der Waals surface area contributed by atoms with Crippen molar-refractivity contribution in [2.75, 3.05) is 6.61 Å². The van der Waals surface area contributed by atoms with Gasteiger partial charge in [-0.05, 0) is 54.5 Å². The third-order valence-corrected chi connectivity index (χ3v) is 3.27. The second-order valence-electron chi connectivity index (χ2n) is 4.11. The van der Waals surface area contributed by atoms with E-state index in [1.54, 1.807) is 0 Å². The van der Waals surface area contributed by atoms with Crippen LogP contribution >= 0.6 is 11.6 Å². The summed E-state index contributed by atoms with van der Waals surface area (Å²) in [6, 6.07) is 3.91. The first-order valence-corrected chi connectivity index (χ1v) is 5.78. The Morgan fingerprint density at radius 3 is 2.93 bits per heavy atom. The van der Waals surface area contributed by atoms with E-state index in [1.165, 1.54) is 17.5 Å². The molecule has 0 fully saturated rings. The molecule has 0 aliphatic heterocycles. The van der Waals surface area contributed by atoms with Gasteiger partial charge in [-0.25, -0.2) is 0 Å². The highest BCUT2D eigenvalue weighted by molar-refractivity contribution is 6.30. The molecule has 3 N–H and O–H groups in total. The van der Waals surface area contributed by atoms with Crippen LogP contribution in [0.15, 0.2) is 12.1 Å². The molecule has 0 bridgehead atoms. The van der Waals surface area contributed by atoms with E-state index in [-0.39, 0.29) is 12.6 Å². The summed E-state index contributed by atoms with van der Waals surface area (Å²) < 4.78 is 0. The average molecular weight is 226 g/mol. The van der Waals surface area contributed by atoms with Gasteiger partial charge in [-0.1, -0.05) is 11.6 Å². The van der Waals surface area contributed by atoms with Gasteiger partial charge < -0.3 is 10.8 Å². The summed E-state index contributed by atoms with van der Waals surface area (Å²) in [4.78, 5) is 0. The molecule has 1 atom stereocenters. The number of aliphatic hydroxyl groups is 1. The van der Waals surface area contributed by atoms with E-state index in [4.69, 9.17) is 22.4 Å². The molecule has 1 aliphatic rings. The molecule has 1 aliphatic carbocycles. The SMILES string of the molecule is NC(CCO)c1cc(Cl)cc2c1CCC2. The zero-order valence-corrected chi connectivity index (χ0v) is 9.43. The molecule has 2 nitrogen and oxygen atoms in total. The number of nitrogens with two attached hydrogens (primary N) is 1. The lowest BCUT2D eigenvalue weighted by Gasteiger charge is -2.15. The summed E-state index contributed by atoms with van der Waals surface area (Å²) in [6.45, 7) is 0.127. The molecule has 0 saturated heterocycles. The van der Waals surface area contributed by atoms with Gasteiger partial charge in [0.25, 0.3) is 0 Å². The molecule has 0 spiro atoms. The maximum absolute atomic E-state index is 8.90. The van der Waals surface area contributed by atoms with Crippen LogP contribution in [-0.4, -0.2) is 11.7 Å². The predicted octanol–water partition coefficient (Wildman–Crippen LogP) is 2.21. The minimum Gasteiger partial charge on any atom is -0.396 e. The van der Waals surface area contributed by atoms with Crippen molar-refractivity contribution in [2.24, 2.45) is 5.73 Å². The van der Waals surface area contributed by atoms with Crippen molar-refractivity contribution in [1.29, 1.82) is 0 Å². The number of aliphatic hydroxyl groups excluding tert-OH is 1. The number of hydrogen-bond acceptors (Lipinski definition) is 2. The Balaban J connectivity index is 2.37. The molecule has 0 radical (unpaired) electrons. The summed E-state index contributed by atoms with van der Waals surface area (Å²) in [5.74, 6) is 0. The van der Waals surface area contributed by atoms with Crippen molar-refractivity contribution in [1.82, 2.24) is 0 Å². The standard InChI is InChI=1S/C12H16ClNO/c13-9-6-8-2-1-3-10(8)11(7-9)12(14)4-5-15/h6-7,12,15H,1-5,14H2. The predicted molar refractivity (Wildman–Crippen MR) is 62.1 cm³/mol. The Labute approximate surface area is 95.1 Å². The number of aryl methyl sites for hydroxylation is 1. The molecular formula is C12H16ClNO. The van der Waals surface area contributed by atoms with Crippen LogP contribution in [0.3, 0.4) is 0 Å². The van der Waals surface area contributed by atoms with Crippen molar-refractivity contribution < 1.29 is 5.11 Å². The largest absolute Gasteiger partial charge is 0.396 e. The Morgan fingerprint density at radius 2 is 2.20 bits per heavy atom. The highest BCUT2D eigenvalue weighted by atomic mass is 35.5. The highest BCUT2D eigenvalue weighted by Gasteiger charge is 2.19. The summed E-state index contributed by atoms with van der Waals surface area (Å²) in [6.07, 6.45) is 4.00. The summed E-state index contributed by atoms with van der Waals surface area (Å²) >= 11 is 6.05. The van der Waals surface area contributed by atoms with Crippen molar-refractivity contribution >= 4 is 11.6 Å². The molecular weight excluding hydrogens is 210 g/mol. The molecule has 1 unspecified atom stereocenters. The van der Waals surface area contributed by atoms with E-state index in [1.807, 2.05) is 12.1 Å². The smallest absolute Gasteiger partial charge is 0.0449 e. The lowest BCUT2D eigenvalue weighted by molar-refractivity contribution is 0.276. The van der Waals surface area contributed by atoms with Crippen LogP contribution in [0.5, 0.6) is 0 Å². The maximum Gasteiger partial charge on any atom is 0.0449 e. The number of hydrogen-bond donors (Lipinski definition) is 2. The lowest BCUT2D eigenvalue weighted by Crippen LogP contribution is -2.14. The van der Waals surface area contributed by atoms with Crippen LogP contribution in [0.4, 0.5) is 0 Å². The van der Waals surface area contributed by atoms with E-state index in [2.05, 4.69) is 0 Å². The number of fused-ring (bicyclic) bond motifs is 1. The van der Waals surface area contributed by atoms with Gasteiger partial charge in [0.15, 0.2) is 0 Å². The van der Waals surface area contributed by atoms with Gasteiger partial charge in [-0.2, -0.15) is 0 Å². The molecule has 0 saturated carbocycles. The molecule has 0 aromatic heterocycles. The van der Waals surface area contributed by atoms with Crippen LogP contribution in [0, 0.1) is 0 Å². The third kappa shape index (κ3) is 2.17. The molecule has 0 amide bonds. The topological polar surface area (TPSA) is 46.2 Å². The molecule has 1 aromatic carbocycles. The maximum atomic E-state index is 8.90. The van der Waals surface area contributed by atoms with Crippen LogP contribution in [0.1, 0.15) is 35.6 Å². The Kier molecular flexibility index (Phi) is 3.29. The van der Waals surface area contributed by atoms with Crippen molar-refractivity contribution in [2.45, 2.75) is 31.7 Å². The van der Waals surface area contributed by atoms with Gasteiger partial charge in [0.1, 0.15) is 0 Å². The van der Waals surface area contributed by atoms with Gasteiger partial charge in [0.2, 0.25) is 0 Å². The van der Waals surface area contributed by atoms with E-state index in [0.717, 1.165) is 23.4 Å². The average Bonchev–Trinajstić information content (AvgIpc) is 2.64. The van der Waals surface area contributed by atoms with E-state index in [9.17, 15) is 0 Å². The van der Waals surface area contributed by atoms with E-state index >= 15 is 0 Å². The Hall–Kier alpha value is -0.570. The first-order valence-electron chi connectivity index (χ1n) is 5.40. The van der Waals surface area contributed by atoms with Gasteiger partial charge in [-0.3, -0.25) is 0 Å². The van der Waals surface area contributed by atoms with Gasteiger partial charge in [0.05, 0.1) is 0 Å². The number of rotatable bonds is 3. The molecule has 82 valence electrons. The fourth-order valence-electron chi connectivity index (χ4n) is 2.33. The minimum atomic E-state index is -0.0828. The van der Waals surface area contributed by atoms with Gasteiger partial charge in [0, 0.05) is 17.7 Å². The number of benzene rings is 1. The number of halogens is 1. The zero-order valence-electron chi connectivity index (χ0n) is 8.67. The molecule has 3 heteroatoms. The second kappa shape index (κ2) is 4.52. The third-order valence-electron chi connectivity index (χ3n) is 3.05. The van der Waals surface area contributed by atoms with Crippen molar-refractivity contribution in [3.63, 3.8) is 0 Å². The molecule has 1 aromatic rings. The zero-order chi connectivity index (χ0) is 10.8. The summed E-state index contributed by atoms with van der Waals surface area (Å²) in [5.41, 5.74) is 9.86. The Bertz CT molecular complexity index is 365. The van der Waals surface area contributed by atoms with Crippen molar-refractivity contribution in [3.8, 4) is 0 Å². The molecule has 0 heterocycles.